The highest BCUT2D eigenvalue weighted by molar-refractivity contribution is 5.92. The van der Waals surface area contributed by atoms with E-state index in [-0.39, 0.29) is 35.3 Å². The van der Waals surface area contributed by atoms with E-state index in [2.05, 4.69) is 10.6 Å². The Labute approximate surface area is 157 Å². The first-order valence-electron chi connectivity index (χ1n) is 9.08. The van der Waals surface area contributed by atoms with E-state index in [1.54, 1.807) is 36.4 Å². The van der Waals surface area contributed by atoms with Gasteiger partial charge in [-0.3, -0.25) is 9.59 Å². The second-order valence-electron chi connectivity index (χ2n) is 6.71. The minimum Gasteiger partial charge on any atom is -0.356 e. The first-order chi connectivity index (χ1) is 13.1. The quantitative estimate of drug-likeness (QED) is 0.748. The zero-order valence-corrected chi connectivity index (χ0v) is 14.9. The number of benzene rings is 2. The average Bonchev–Trinajstić information content (AvgIpc) is 3.46. The molecule has 2 aromatic rings. The summed E-state index contributed by atoms with van der Waals surface area (Å²) in [5, 5.41) is 5.52. The number of hydrogen-bond donors (Lipinski definition) is 2. The maximum Gasteiger partial charge on any atom is 0.223 e. The third-order valence-corrected chi connectivity index (χ3v) is 4.77. The average molecular weight is 372 g/mol. The van der Waals surface area contributed by atoms with E-state index in [1.807, 2.05) is 0 Å². The molecule has 2 amide bonds. The summed E-state index contributed by atoms with van der Waals surface area (Å²) < 4.78 is 27.1. The molecule has 142 valence electrons. The monoisotopic (exact) mass is 372 g/mol. The van der Waals surface area contributed by atoms with Gasteiger partial charge >= 0.3 is 0 Å². The van der Waals surface area contributed by atoms with Gasteiger partial charge in [-0.25, -0.2) is 8.78 Å². The van der Waals surface area contributed by atoms with Crippen molar-refractivity contribution in [1.82, 2.24) is 10.6 Å². The summed E-state index contributed by atoms with van der Waals surface area (Å²) in [5.74, 6) is -1.60. The van der Waals surface area contributed by atoms with Crippen LogP contribution >= 0.6 is 0 Å². The van der Waals surface area contributed by atoms with Gasteiger partial charge in [0, 0.05) is 13.1 Å². The molecule has 0 heterocycles. The zero-order chi connectivity index (χ0) is 19.2. The lowest BCUT2D eigenvalue weighted by Gasteiger charge is -2.07. The van der Waals surface area contributed by atoms with Gasteiger partial charge in [-0.15, -0.1) is 0 Å². The molecule has 4 nitrogen and oxygen atoms in total. The van der Waals surface area contributed by atoms with Crippen molar-refractivity contribution in [3.8, 4) is 0 Å². The van der Waals surface area contributed by atoms with Gasteiger partial charge < -0.3 is 10.6 Å². The Morgan fingerprint density at radius 1 is 0.778 bits per heavy atom. The van der Waals surface area contributed by atoms with Gasteiger partial charge in [0.2, 0.25) is 11.8 Å². The summed E-state index contributed by atoms with van der Waals surface area (Å²) in [4.78, 5) is 24.2. The molecule has 1 aliphatic carbocycles. The van der Waals surface area contributed by atoms with Crippen molar-refractivity contribution in [2.24, 2.45) is 11.8 Å². The summed E-state index contributed by atoms with van der Waals surface area (Å²) in [6, 6.07) is 12.9. The van der Waals surface area contributed by atoms with Gasteiger partial charge in [0.15, 0.2) is 0 Å². The van der Waals surface area contributed by atoms with Crippen LogP contribution in [0.1, 0.15) is 17.5 Å². The fourth-order valence-corrected chi connectivity index (χ4v) is 3.08. The second kappa shape index (κ2) is 8.75. The number of hydrogen-bond acceptors (Lipinski definition) is 2. The highest BCUT2D eigenvalue weighted by Crippen LogP contribution is 2.38. The highest BCUT2D eigenvalue weighted by atomic mass is 19.1. The van der Waals surface area contributed by atoms with Crippen molar-refractivity contribution in [2.75, 3.05) is 13.1 Å². The topological polar surface area (TPSA) is 58.2 Å². The van der Waals surface area contributed by atoms with Crippen LogP contribution in [0.2, 0.25) is 0 Å². The standard InChI is InChI=1S/C21H22F2N2O2/c22-18-7-3-1-5-14(18)9-11-24-20(26)16-13-17(16)21(27)25-12-10-15-6-2-4-8-19(15)23/h1-8,16-17H,9-13H2,(H,24,26)(H,25,27). The Hall–Kier alpha value is -2.76. The molecule has 2 atom stereocenters. The van der Waals surface area contributed by atoms with Crippen molar-refractivity contribution in [3.05, 3.63) is 71.3 Å². The molecular weight excluding hydrogens is 350 g/mol. The van der Waals surface area contributed by atoms with Crippen molar-refractivity contribution in [3.63, 3.8) is 0 Å². The SMILES string of the molecule is O=C(NCCc1ccccc1F)C1CC1C(=O)NCCc1ccccc1F. The van der Waals surface area contributed by atoms with Gasteiger partial charge in [-0.2, -0.15) is 0 Å². The molecule has 0 bridgehead atoms. The Kier molecular flexibility index (Phi) is 6.16. The van der Waals surface area contributed by atoms with Gasteiger partial charge in [0.1, 0.15) is 11.6 Å². The van der Waals surface area contributed by atoms with E-state index in [1.165, 1.54) is 12.1 Å². The maximum absolute atomic E-state index is 13.5. The summed E-state index contributed by atoms with van der Waals surface area (Å²) in [7, 11) is 0. The van der Waals surface area contributed by atoms with E-state index in [0.717, 1.165) is 0 Å². The van der Waals surface area contributed by atoms with Crippen LogP contribution < -0.4 is 10.6 Å². The van der Waals surface area contributed by atoms with E-state index in [0.29, 0.717) is 43.5 Å². The lowest BCUT2D eigenvalue weighted by Crippen LogP contribution is -2.32. The summed E-state index contributed by atoms with van der Waals surface area (Å²) in [5.41, 5.74) is 1.10. The molecule has 0 aromatic heterocycles. The van der Waals surface area contributed by atoms with Gasteiger partial charge in [0.05, 0.1) is 11.8 Å². The van der Waals surface area contributed by atoms with Crippen LogP contribution in [0.3, 0.4) is 0 Å². The number of halogens is 2. The molecular formula is C21H22F2N2O2. The third-order valence-electron chi connectivity index (χ3n) is 4.77. The summed E-state index contributed by atoms with van der Waals surface area (Å²) >= 11 is 0. The molecule has 0 aliphatic heterocycles. The molecule has 3 rings (SSSR count). The Balaban J connectivity index is 1.36. The van der Waals surface area contributed by atoms with Crippen molar-refractivity contribution in [2.45, 2.75) is 19.3 Å². The van der Waals surface area contributed by atoms with E-state index < -0.39 is 0 Å². The van der Waals surface area contributed by atoms with Crippen LogP contribution in [-0.2, 0) is 22.4 Å². The second-order valence-corrected chi connectivity index (χ2v) is 6.71. The van der Waals surface area contributed by atoms with Crippen LogP contribution in [0.4, 0.5) is 8.78 Å². The summed E-state index contributed by atoms with van der Waals surface area (Å²) in [6.45, 7) is 0.662. The smallest absolute Gasteiger partial charge is 0.223 e. The van der Waals surface area contributed by atoms with E-state index >= 15 is 0 Å². The van der Waals surface area contributed by atoms with Crippen LogP contribution in [0.25, 0.3) is 0 Å². The third kappa shape index (κ3) is 5.12. The highest BCUT2D eigenvalue weighted by Gasteiger charge is 2.47. The molecule has 1 saturated carbocycles. The number of rotatable bonds is 8. The van der Waals surface area contributed by atoms with Crippen molar-refractivity contribution < 1.29 is 18.4 Å². The fourth-order valence-electron chi connectivity index (χ4n) is 3.08. The van der Waals surface area contributed by atoms with Crippen LogP contribution in [0.5, 0.6) is 0 Å². The van der Waals surface area contributed by atoms with Gasteiger partial charge in [-0.1, -0.05) is 36.4 Å². The molecule has 27 heavy (non-hydrogen) atoms. The van der Waals surface area contributed by atoms with Crippen LogP contribution in [-0.4, -0.2) is 24.9 Å². The molecule has 2 aromatic carbocycles. The minimum atomic E-state index is -0.334. The van der Waals surface area contributed by atoms with E-state index in [4.69, 9.17) is 0 Å². The van der Waals surface area contributed by atoms with Gasteiger partial charge in [-0.05, 0) is 42.5 Å². The lowest BCUT2D eigenvalue weighted by atomic mass is 10.1. The molecule has 0 radical (unpaired) electrons. The lowest BCUT2D eigenvalue weighted by molar-refractivity contribution is -0.127. The van der Waals surface area contributed by atoms with Crippen molar-refractivity contribution >= 4 is 11.8 Å². The van der Waals surface area contributed by atoms with Gasteiger partial charge in [0.25, 0.3) is 0 Å². The Morgan fingerprint density at radius 2 is 1.19 bits per heavy atom. The Bertz CT molecular complexity index is 758. The maximum atomic E-state index is 13.5. The molecule has 2 unspecified atom stereocenters. The van der Waals surface area contributed by atoms with Crippen LogP contribution in [0, 0.1) is 23.5 Å². The molecule has 6 heteroatoms. The number of carbonyl (C=O) groups is 2. The molecule has 0 saturated heterocycles. The summed E-state index contributed by atoms with van der Waals surface area (Å²) in [6.07, 6.45) is 1.33. The first-order valence-corrected chi connectivity index (χ1v) is 9.08. The molecule has 0 spiro atoms. The number of carbonyl (C=O) groups excluding carboxylic acids is 2. The predicted octanol–water partition coefficient (Wildman–Crippen LogP) is 2.62. The first kappa shape index (κ1) is 19.0. The fraction of sp³-hybridized carbons (Fsp3) is 0.333. The van der Waals surface area contributed by atoms with Crippen molar-refractivity contribution in [1.29, 1.82) is 0 Å². The largest absolute Gasteiger partial charge is 0.356 e. The molecule has 1 fully saturated rings. The Morgan fingerprint density at radius 3 is 1.59 bits per heavy atom. The molecule has 2 N–H and O–H groups in total. The predicted molar refractivity (Wildman–Crippen MR) is 97.8 cm³/mol. The number of amides is 2. The normalized spacial score (nSPS) is 18.0. The minimum absolute atomic E-state index is 0.180. The zero-order valence-electron chi connectivity index (χ0n) is 14.9. The van der Waals surface area contributed by atoms with E-state index in [9.17, 15) is 18.4 Å². The number of nitrogens with one attached hydrogen (secondary N) is 2. The molecule has 1 aliphatic rings. The van der Waals surface area contributed by atoms with Crippen LogP contribution in [0.15, 0.2) is 48.5 Å².